The van der Waals surface area contributed by atoms with Crippen LogP contribution in [0.4, 0.5) is 5.13 Å². The summed E-state index contributed by atoms with van der Waals surface area (Å²) in [5.41, 5.74) is 0.290. The number of sulfonamides is 1. The maximum absolute atomic E-state index is 11.7. The monoisotopic (exact) mass is 337 g/mol. The van der Waals surface area contributed by atoms with Gasteiger partial charge in [0.1, 0.15) is 0 Å². The lowest BCUT2D eigenvalue weighted by Gasteiger charge is -2.16. The third kappa shape index (κ3) is 6.06. The maximum Gasteiger partial charge on any atom is 0.328 e. The normalized spacial score (nSPS) is 14.2. The Morgan fingerprint density at radius 3 is 2.57 bits per heavy atom. The Balaban J connectivity index is 2.65. The number of carbonyl (C=O) groups excluding carboxylic acids is 1. The number of amides is 1. The highest BCUT2D eigenvalue weighted by Crippen LogP contribution is 2.16. The van der Waals surface area contributed by atoms with Crippen molar-refractivity contribution in [3.63, 3.8) is 0 Å². The van der Waals surface area contributed by atoms with Gasteiger partial charge < -0.3 is 15.5 Å². The van der Waals surface area contributed by atoms with Gasteiger partial charge in [0.15, 0.2) is 11.2 Å². The quantitative estimate of drug-likeness (QED) is 0.499. The molecule has 0 unspecified atom stereocenters. The van der Waals surface area contributed by atoms with E-state index in [4.69, 9.17) is 5.11 Å². The standard InChI is InChI=1S/C10H15N3O6S2/c1-5(14)8(9(16)17)12-7(15)3-6-4-20-10(11-6)13-21(2,18)19/h4-5,8,14H,3H2,1-2H3,(H,11,13)(H,12,15)(H,16,17)/t5-,8+/m1/s1. The van der Waals surface area contributed by atoms with Crippen molar-refractivity contribution in [2.75, 3.05) is 11.0 Å². The smallest absolute Gasteiger partial charge is 0.328 e. The van der Waals surface area contributed by atoms with Gasteiger partial charge in [-0.15, -0.1) is 11.3 Å². The fourth-order valence-corrected chi connectivity index (χ4v) is 2.93. The van der Waals surface area contributed by atoms with E-state index in [9.17, 15) is 23.1 Å². The molecule has 2 atom stereocenters. The summed E-state index contributed by atoms with van der Waals surface area (Å²) < 4.78 is 24.2. The first kappa shape index (κ1) is 17.3. The largest absolute Gasteiger partial charge is 0.480 e. The molecule has 0 aliphatic rings. The van der Waals surface area contributed by atoms with E-state index in [0.717, 1.165) is 17.6 Å². The van der Waals surface area contributed by atoms with Crippen molar-refractivity contribution in [2.45, 2.75) is 25.5 Å². The van der Waals surface area contributed by atoms with Crippen LogP contribution < -0.4 is 10.0 Å². The molecule has 0 aliphatic carbocycles. The Morgan fingerprint density at radius 1 is 1.48 bits per heavy atom. The molecule has 1 rings (SSSR count). The van der Waals surface area contributed by atoms with Crippen LogP contribution in [0.2, 0.25) is 0 Å². The van der Waals surface area contributed by atoms with Crippen molar-refractivity contribution in [3.8, 4) is 0 Å². The number of aliphatic hydroxyl groups is 1. The number of thiazole rings is 1. The number of hydrogen-bond donors (Lipinski definition) is 4. The number of aliphatic carboxylic acids is 1. The second-order valence-electron chi connectivity index (χ2n) is 4.32. The molecule has 0 spiro atoms. The predicted molar refractivity (Wildman–Crippen MR) is 75.5 cm³/mol. The number of hydrogen-bond acceptors (Lipinski definition) is 7. The van der Waals surface area contributed by atoms with Crippen molar-refractivity contribution >= 4 is 38.4 Å². The topological polar surface area (TPSA) is 146 Å². The molecule has 1 aromatic heterocycles. The highest BCUT2D eigenvalue weighted by Gasteiger charge is 2.25. The van der Waals surface area contributed by atoms with Crippen LogP contribution in [0.5, 0.6) is 0 Å². The van der Waals surface area contributed by atoms with Gasteiger partial charge in [-0.25, -0.2) is 18.2 Å². The summed E-state index contributed by atoms with van der Waals surface area (Å²) in [6.07, 6.45) is -0.497. The van der Waals surface area contributed by atoms with Gasteiger partial charge in [-0.1, -0.05) is 0 Å². The summed E-state index contributed by atoms with van der Waals surface area (Å²) in [6.45, 7) is 1.25. The van der Waals surface area contributed by atoms with Crippen molar-refractivity contribution in [2.24, 2.45) is 0 Å². The molecule has 0 fully saturated rings. The molecule has 4 N–H and O–H groups in total. The first-order valence-corrected chi connectivity index (χ1v) is 8.48. The molecule has 0 saturated carbocycles. The second-order valence-corrected chi connectivity index (χ2v) is 6.93. The lowest BCUT2D eigenvalue weighted by Crippen LogP contribution is -2.48. The van der Waals surface area contributed by atoms with E-state index in [1.807, 2.05) is 0 Å². The molecule has 0 saturated heterocycles. The van der Waals surface area contributed by atoms with Crippen molar-refractivity contribution < 1.29 is 28.2 Å². The number of aliphatic hydroxyl groups excluding tert-OH is 1. The van der Waals surface area contributed by atoms with Gasteiger partial charge in [-0.3, -0.25) is 9.52 Å². The van der Waals surface area contributed by atoms with Gasteiger partial charge in [-0.05, 0) is 6.92 Å². The molecule has 9 nitrogen and oxygen atoms in total. The summed E-state index contributed by atoms with van der Waals surface area (Å²) in [4.78, 5) is 26.4. The molecule has 0 bridgehead atoms. The molecule has 0 aromatic carbocycles. The van der Waals surface area contributed by atoms with Gasteiger partial charge >= 0.3 is 5.97 Å². The molecule has 0 radical (unpaired) electrons. The van der Waals surface area contributed by atoms with Gasteiger partial charge in [0, 0.05) is 5.38 Å². The first-order valence-electron chi connectivity index (χ1n) is 5.71. The maximum atomic E-state index is 11.7. The second kappa shape index (κ2) is 6.83. The minimum atomic E-state index is -3.45. The van der Waals surface area contributed by atoms with E-state index in [1.54, 1.807) is 0 Å². The summed E-state index contributed by atoms with van der Waals surface area (Å²) in [6, 6.07) is -1.41. The van der Waals surface area contributed by atoms with Gasteiger partial charge in [0.2, 0.25) is 15.9 Å². The van der Waals surface area contributed by atoms with E-state index >= 15 is 0 Å². The Labute approximate surface area is 125 Å². The van der Waals surface area contributed by atoms with E-state index in [0.29, 0.717) is 5.69 Å². The highest BCUT2D eigenvalue weighted by atomic mass is 32.2. The molecule has 11 heteroatoms. The lowest BCUT2D eigenvalue weighted by molar-refractivity contribution is -0.144. The first-order chi connectivity index (χ1) is 9.58. The molecule has 118 valence electrons. The van der Waals surface area contributed by atoms with Gasteiger partial charge in [0.05, 0.1) is 24.5 Å². The van der Waals surface area contributed by atoms with Gasteiger partial charge in [0.25, 0.3) is 0 Å². The Bertz CT molecular complexity index is 624. The van der Waals surface area contributed by atoms with Gasteiger partial charge in [-0.2, -0.15) is 0 Å². The number of carbonyl (C=O) groups is 2. The van der Waals surface area contributed by atoms with Crippen LogP contribution in [0.15, 0.2) is 5.38 Å². The van der Waals surface area contributed by atoms with Crippen LogP contribution in [0.25, 0.3) is 0 Å². The summed E-state index contributed by atoms with van der Waals surface area (Å²) in [7, 11) is -3.45. The van der Waals surface area contributed by atoms with Crippen LogP contribution in [0, 0.1) is 0 Å². The number of carboxylic acid groups (broad SMARTS) is 1. The highest BCUT2D eigenvalue weighted by molar-refractivity contribution is 7.92. The number of nitrogens with one attached hydrogen (secondary N) is 2. The third-order valence-electron chi connectivity index (χ3n) is 2.23. The zero-order valence-corrected chi connectivity index (χ0v) is 12.9. The van der Waals surface area contributed by atoms with Crippen LogP contribution in [0.1, 0.15) is 12.6 Å². The minimum absolute atomic E-state index is 0.116. The third-order valence-corrected chi connectivity index (χ3v) is 3.73. The molecular weight excluding hydrogens is 322 g/mol. The minimum Gasteiger partial charge on any atom is -0.480 e. The average molecular weight is 337 g/mol. The fourth-order valence-electron chi connectivity index (χ4n) is 1.37. The van der Waals surface area contributed by atoms with E-state index in [1.165, 1.54) is 12.3 Å². The molecule has 0 aliphatic heterocycles. The van der Waals surface area contributed by atoms with E-state index < -0.39 is 34.0 Å². The summed E-state index contributed by atoms with van der Waals surface area (Å²) >= 11 is 1.00. The number of aromatic nitrogens is 1. The number of nitrogens with zero attached hydrogens (tertiary/aromatic N) is 1. The van der Waals surface area contributed by atoms with Crippen LogP contribution in [-0.2, 0) is 26.0 Å². The molecule has 1 aromatic rings. The molecule has 1 heterocycles. The van der Waals surface area contributed by atoms with E-state index in [2.05, 4.69) is 15.0 Å². The Kier molecular flexibility index (Phi) is 5.63. The van der Waals surface area contributed by atoms with Crippen molar-refractivity contribution in [3.05, 3.63) is 11.1 Å². The van der Waals surface area contributed by atoms with Crippen LogP contribution >= 0.6 is 11.3 Å². The van der Waals surface area contributed by atoms with Crippen molar-refractivity contribution in [1.82, 2.24) is 10.3 Å². The predicted octanol–water partition coefficient (Wildman–Crippen LogP) is -0.993. The number of anilines is 1. The zero-order chi connectivity index (χ0) is 16.2. The molecular formula is C10H15N3O6S2. The zero-order valence-electron chi connectivity index (χ0n) is 11.2. The number of rotatable bonds is 7. The lowest BCUT2D eigenvalue weighted by atomic mass is 10.2. The number of carboxylic acids is 1. The van der Waals surface area contributed by atoms with Crippen LogP contribution in [-0.4, -0.2) is 53.9 Å². The Hall–Kier alpha value is -1.72. The molecule has 21 heavy (non-hydrogen) atoms. The molecule has 1 amide bonds. The average Bonchev–Trinajstić information content (AvgIpc) is 2.69. The Morgan fingerprint density at radius 2 is 2.10 bits per heavy atom. The fraction of sp³-hybridized carbons (Fsp3) is 0.500. The SMILES string of the molecule is C[C@@H](O)[C@H](NC(=O)Cc1csc(NS(C)(=O)=O)n1)C(=O)O. The summed E-state index contributed by atoms with van der Waals surface area (Å²) in [5, 5.41) is 21.8. The van der Waals surface area contributed by atoms with Crippen LogP contribution in [0.3, 0.4) is 0 Å². The van der Waals surface area contributed by atoms with E-state index in [-0.39, 0.29) is 11.6 Å². The summed E-state index contributed by atoms with van der Waals surface area (Å²) in [5.74, 6) is -1.99. The van der Waals surface area contributed by atoms with Crippen molar-refractivity contribution in [1.29, 1.82) is 0 Å².